The van der Waals surface area contributed by atoms with E-state index in [1.165, 1.54) is 11.1 Å². The molecule has 1 N–H and O–H groups in total. The molecule has 2 fully saturated rings. The molecule has 118 valence electrons. The largest absolute Gasteiger partial charge is 0.454 e. The Morgan fingerprint density at radius 2 is 2.14 bits per heavy atom. The average molecular weight is 303 g/mol. The fraction of sp³-hybridized carbons (Fsp3) is 0.647. The third kappa shape index (κ3) is 1.49. The minimum absolute atomic E-state index is 0.163. The summed E-state index contributed by atoms with van der Waals surface area (Å²) in [6, 6.07) is 4.61. The zero-order chi connectivity index (χ0) is 14.9. The molecule has 2 bridgehead atoms. The van der Waals surface area contributed by atoms with E-state index in [9.17, 15) is 5.11 Å². The van der Waals surface area contributed by atoms with Crippen molar-refractivity contribution in [3.8, 4) is 11.5 Å². The van der Waals surface area contributed by atoms with Crippen molar-refractivity contribution in [3.63, 3.8) is 0 Å². The molecule has 0 spiro atoms. The molecule has 5 nitrogen and oxygen atoms in total. The average Bonchev–Trinajstić information content (AvgIpc) is 3.06. The highest BCUT2D eigenvalue weighted by atomic mass is 16.7. The molecule has 4 aliphatic rings. The molecule has 1 saturated carbocycles. The lowest BCUT2D eigenvalue weighted by atomic mass is 9.62. The van der Waals surface area contributed by atoms with Crippen molar-refractivity contribution >= 4 is 0 Å². The van der Waals surface area contributed by atoms with Gasteiger partial charge in [0.25, 0.3) is 0 Å². The number of aliphatic hydroxyl groups excluding tert-OH is 1. The maximum absolute atomic E-state index is 10.9. The van der Waals surface area contributed by atoms with Gasteiger partial charge in [-0.1, -0.05) is 0 Å². The fourth-order valence-corrected chi connectivity index (χ4v) is 5.17. The van der Waals surface area contributed by atoms with Crippen LogP contribution in [0.25, 0.3) is 0 Å². The lowest BCUT2D eigenvalue weighted by Crippen LogP contribution is -2.54. The predicted molar refractivity (Wildman–Crippen MR) is 79.1 cm³/mol. The van der Waals surface area contributed by atoms with E-state index in [-0.39, 0.29) is 11.5 Å². The summed E-state index contributed by atoms with van der Waals surface area (Å²) in [7, 11) is 1.80. The quantitative estimate of drug-likeness (QED) is 0.850. The summed E-state index contributed by atoms with van der Waals surface area (Å²) in [4.78, 5) is 2.43. The first-order chi connectivity index (χ1) is 10.7. The van der Waals surface area contributed by atoms with Gasteiger partial charge in [-0.05, 0) is 42.5 Å². The molecule has 1 saturated heterocycles. The maximum Gasteiger partial charge on any atom is 0.231 e. The smallest absolute Gasteiger partial charge is 0.231 e. The lowest BCUT2D eigenvalue weighted by Gasteiger charge is -2.49. The second-order valence-electron chi connectivity index (χ2n) is 7.00. The maximum atomic E-state index is 10.9. The number of nitrogens with zero attached hydrogens (tertiary/aromatic N) is 1. The molecule has 1 aliphatic carbocycles. The van der Waals surface area contributed by atoms with Crippen LogP contribution in [-0.4, -0.2) is 48.7 Å². The standard InChI is InChI=1S/C17H21NO4/c1-20-11-2-3-17-12-6-14-13(21-9-22-14)4-10(12)7-18(8-16(17)19)15(17)5-11/h4,6,11,15-16,19H,2-3,5,7-9H2,1H3/t11?,15-,16?,17-/m1/s1. The Morgan fingerprint density at radius 1 is 1.32 bits per heavy atom. The number of methoxy groups -OCH3 is 1. The van der Waals surface area contributed by atoms with Crippen molar-refractivity contribution in [1.82, 2.24) is 4.90 Å². The number of hydrogen-bond acceptors (Lipinski definition) is 5. The Hall–Kier alpha value is -1.30. The van der Waals surface area contributed by atoms with Crippen molar-refractivity contribution < 1.29 is 19.3 Å². The van der Waals surface area contributed by atoms with E-state index in [1.54, 1.807) is 7.11 Å². The van der Waals surface area contributed by atoms with Gasteiger partial charge in [-0.25, -0.2) is 0 Å². The minimum atomic E-state index is -0.308. The Labute approximate surface area is 129 Å². The number of aliphatic hydroxyl groups is 1. The highest BCUT2D eigenvalue weighted by molar-refractivity contribution is 5.54. The van der Waals surface area contributed by atoms with Gasteiger partial charge in [0.1, 0.15) is 0 Å². The Kier molecular flexibility index (Phi) is 2.62. The summed E-state index contributed by atoms with van der Waals surface area (Å²) < 4.78 is 16.7. The van der Waals surface area contributed by atoms with Crippen LogP contribution >= 0.6 is 0 Å². The topological polar surface area (TPSA) is 51.2 Å². The molecule has 0 amide bonds. The van der Waals surface area contributed by atoms with Crippen LogP contribution in [0.15, 0.2) is 12.1 Å². The normalized spacial score (nSPS) is 41.2. The Balaban J connectivity index is 1.66. The van der Waals surface area contributed by atoms with E-state index in [2.05, 4.69) is 17.0 Å². The molecular weight excluding hydrogens is 282 g/mol. The lowest BCUT2D eigenvalue weighted by molar-refractivity contribution is -0.00705. The third-order valence-electron chi connectivity index (χ3n) is 6.21. The van der Waals surface area contributed by atoms with E-state index in [4.69, 9.17) is 14.2 Å². The van der Waals surface area contributed by atoms with E-state index >= 15 is 0 Å². The first-order valence-corrected chi connectivity index (χ1v) is 8.10. The zero-order valence-electron chi connectivity index (χ0n) is 12.7. The van der Waals surface area contributed by atoms with Gasteiger partial charge < -0.3 is 19.3 Å². The van der Waals surface area contributed by atoms with Gasteiger partial charge in [0.2, 0.25) is 6.79 Å². The van der Waals surface area contributed by atoms with Gasteiger partial charge in [-0.2, -0.15) is 0 Å². The summed E-state index contributed by atoms with van der Waals surface area (Å²) in [6.45, 7) is 1.93. The minimum Gasteiger partial charge on any atom is -0.454 e. The van der Waals surface area contributed by atoms with Crippen molar-refractivity contribution in [2.45, 2.75) is 49.5 Å². The van der Waals surface area contributed by atoms with Gasteiger partial charge in [-0.15, -0.1) is 0 Å². The highest BCUT2D eigenvalue weighted by Crippen LogP contribution is 2.55. The van der Waals surface area contributed by atoms with Crippen molar-refractivity contribution in [2.24, 2.45) is 0 Å². The number of hydrogen-bond donors (Lipinski definition) is 1. The van der Waals surface area contributed by atoms with Gasteiger partial charge in [-0.3, -0.25) is 4.90 Å². The van der Waals surface area contributed by atoms with Gasteiger partial charge in [0.15, 0.2) is 11.5 Å². The summed E-state index contributed by atoms with van der Waals surface area (Å²) in [5.41, 5.74) is 2.40. The van der Waals surface area contributed by atoms with Crippen molar-refractivity contribution in [2.75, 3.05) is 20.4 Å². The number of ether oxygens (including phenoxy) is 3. The summed E-state index contributed by atoms with van der Waals surface area (Å²) in [5.74, 6) is 1.67. The number of rotatable bonds is 1. The Morgan fingerprint density at radius 3 is 2.95 bits per heavy atom. The van der Waals surface area contributed by atoms with Crippen LogP contribution in [0.2, 0.25) is 0 Å². The van der Waals surface area contributed by atoms with Crippen LogP contribution in [0.5, 0.6) is 11.5 Å². The molecule has 3 unspecified atom stereocenters. The Bertz CT molecular complexity index is 633. The molecule has 1 aromatic rings. The van der Waals surface area contributed by atoms with E-state index in [0.717, 1.165) is 43.9 Å². The van der Waals surface area contributed by atoms with Gasteiger partial charge in [0, 0.05) is 31.7 Å². The molecule has 22 heavy (non-hydrogen) atoms. The molecule has 5 rings (SSSR count). The van der Waals surface area contributed by atoms with Crippen LogP contribution in [0.3, 0.4) is 0 Å². The number of benzene rings is 1. The summed E-state index contributed by atoms with van der Waals surface area (Å²) in [6.07, 6.45) is 2.98. The SMILES string of the molecule is COC1CC[C@]23c4cc5c(cc4CN(CC2O)[C@@H]3C1)OCO5. The highest BCUT2D eigenvalue weighted by Gasteiger charge is 2.60. The molecule has 0 aromatic heterocycles. The molecule has 5 atom stereocenters. The van der Waals surface area contributed by atoms with Gasteiger partial charge in [0.05, 0.1) is 12.2 Å². The molecule has 0 radical (unpaired) electrons. The van der Waals surface area contributed by atoms with Crippen LogP contribution in [-0.2, 0) is 16.7 Å². The number of fused-ring (bicyclic) bond motifs is 2. The first kappa shape index (κ1) is 13.2. The van der Waals surface area contributed by atoms with Crippen LogP contribution < -0.4 is 9.47 Å². The monoisotopic (exact) mass is 303 g/mol. The van der Waals surface area contributed by atoms with Crippen LogP contribution in [0.4, 0.5) is 0 Å². The fourth-order valence-electron chi connectivity index (χ4n) is 5.17. The molecular formula is C17H21NO4. The predicted octanol–water partition coefficient (Wildman–Crippen LogP) is 1.41. The van der Waals surface area contributed by atoms with Crippen LogP contribution in [0, 0.1) is 0 Å². The van der Waals surface area contributed by atoms with Gasteiger partial charge >= 0.3 is 0 Å². The molecule has 3 aliphatic heterocycles. The summed E-state index contributed by atoms with van der Waals surface area (Å²) >= 11 is 0. The summed E-state index contributed by atoms with van der Waals surface area (Å²) in [5, 5.41) is 10.9. The second-order valence-corrected chi connectivity index (χ2v) is 7.00. The van der Waals surface area contributed by atoms with E-state index < -0.39 is 0 Å². The molecule has 1 aromatic carbocycles. The van der Waals surface area contributed by atoms with E-state index in [0.29, 0.717) is 18.9 Å². The van der Waals surface area contributed by atoms with Crippen molar-refractivity contribution in [3.05, 3.63) is 23.3 Å². The zero-order valence-corrected chi connectivity index (χ0v) is 12.7. The van der Waals surface area contributed by atoms with E-state index in [1.807, 2.05) is 0 Å². The third-order valence-corrected chi connectivity index (χ3v) is 6.21. The molecule has 5 heteroatoms. The molecule has 3 heterocycles. The second kappa shape index (κ2) is 4.37. The van der Waals surface area contributed by atoms with Crippen molar-refractivity contribution in [1.29, 1.82) is 0 Å². The van der Waals surface area contributed by atoms with Crippen LogP contribution in [0.1, 0.15) is 30.4 Å². The first-order valence-electron chi connectivity index (χ1n) is 8.10.